The Morgan fingerprint density at radius 3 is 1.25 bits per heavy atom. The van der Waals surface area contributed by atoms with Gasteiger partial charge >= 0.3 is 12.2 Å². The van der Waals surface area contributed by atoms with Crippen LogP contribution in [0.4, 0.5) is 21.0 Å². The van der Waals surface area contributed by atoms with E-state index < -0.39 is 58.6 Å². The quantitative estimate of drug-likeness (QED) is 0.0406. The van der Waals surface area contributed by atoms with E-state index in [0.717, 1.165) is 44.5 Å². The van der Waals surface area contributed by atoms with E-state index >= 15 is 0 Å². The van der Waals surface area contributed by atoms with Crippen molar-refractivity contribution in [3.05, 3.63) is 199 Å². The van der Waals surface area contributed by atoms with Crippen molar-refractivity contribution in [1.29, 1.82) is 0 Å². The second-order valence-corrected chi connectivity index (χ2v) is 16.8. The van der Waals surface area contributed by atoms with Crippen molar-refractivity contribution in [3.8, 4) is 22.3 Å². The number of alkyl carbamates (subject to hydrolysis) is 2. The van der Waals surface area contributed by atoms with Crippen molar-refractivity contribution in [2.75, 3.05) is 26.4 Å². The highest BCUT2D eigenvalue weighted by atomic mass is 16.6. The van der Waals surface area contributed by atoms with Crippen molar-refractivity contribution in [3.63, 3.8) is 0 Å². The van der Waals surface area contributed by atoms with Crippen LogP contribution in [0.15, 0.2) is 146 Å². The molecule has 0 saturated heterocycles. The fourth-order valence-corrected chi connectivity index (χ4v) is 8.97. The van der Waals surface area contributed by atoms with Gasteiger partial charge in [-0.2, -0.15) is 0 Å². The van der Waals surface area contributed by atoms with Gasteiger partial charge in [0.1, 0.15) is 25.3 Å². The van der Waals surface area contributed by atoms with Crippen LogP contribution in [0, 0.1) is 20.2 Å². The van der Waals surface area contributed by atoms with Crippen LogP contribution in [0.1, 0.15) is 51.6 Å². The van der Waals surface area contributed by atoms with Gasteiger partial charge in [-0.3, -0.25) is 29.8 Å². The molecule has 0 radical (unpaired) electrons. The number of benzene rings is 6. The number of aliphatic hydroxyl groups is 1. The molecule has 2 aliphatic carbocycles. The van der Waals surface area contributed by atoms with Crippen LogP contribution in [-0.2, 0) is 31.9 Å². The second-order valence-electron chi connectivity index (χ2n) is 16.8. The first kappa shape index (κ1) is 47.1. The van der Waals surface area contributed by atoms with Crippen LogP contribution in [0.5, 0.6) is 0 Å². The predicted octanol–water partition coefficient (Wildman–Crippen LogP) is 7.09. The molecule has 2 aliphatic rings. The molecule has 5 N–H and O–H groups in total. The molecule has 0 spiro atoms. The molecule has 3 atom stereocenters. The molecule has 0 aliphatic heterocycles. The van der Waals surface area contributed by atoms with Gasteiger partial charge in [-0.1, -0.05) is 121 Å². The maximum atomic E-state index is 13.9. The molecule has 17 nitrogen and oxygen atoms in total. The molecule has 6 aromatic carbocycles. The van der Waals surface area contributed by atoms with Crippen LogP contribution >= 0.6 is 0 Å². The number of fused-ring (bicyclic) bond motifs is 6. The van der Waals surface area contributed by atoms with E-state index in [1.54, 1.807) is 0 Å². The summed E-state index contributed by atoms with van der Waals surface area (Å²) in [5.41, 5.74) is 8.87. The number of amides is 4. The minimum Gasteiger partial charge on any atom is -0.449 e. The van der Waals surface area contributed by atoms with E-state index in [-0.39, 0.29) is 62.2 Å². The summed E-state index contributed by atoms with van der Waals surface area (Å²) in [6, 6.07) is 39.1. The number of aliphatic hydroxyl groups excluding tert-OH is 1. The van der Waals surface area contributed by atoms with Crippen LogP contribution in [-0.4, -0.2) is 83.4 Å². The number of nitro benzene ring substituents is 2. The monoisotopic (exact) mass is 932 g/mol. The first-order chi connectivity index (χ1) is 33.5. The highest BCUT2D eigenvalue weighted by Crippen LogP contribution is 2.45. The molecule has 8 rings (SSSR count). The van der Waals surface area contributed by atoms with E-state index in [9.17, 15) is 44.5 Å². The third-order valence-electron chi connectivity index (χ3n) is 12.4. The molecule has 0 heterocycles. The van der Waals surface area contributed by atoms with E-state index in [1.165, 1.54) is 48.5 Å². The lowest BCUT2D eigenvalue weighted by atomic mass is 9.98. The average molecular weight is 933 g/mol. The Labute approximate surface area is 396 Å². The van der Waals surface area contributed by atoms with Gasteiger partial charge in [-0.15, -0.1) is 0 Å². The lowest BCUT2D eigenvalue weighted by molar-refractivity contribution is -0.385. The van der Waals surface area contributed by atoms with Gasteiger partial charge in [0, 0.05) is 55.5 Å². The SMILES string of the molecule is O=C(N[C@@H](Cc1ccc([N+](=O)[O-])cc1)C(=O)NCC[C@@H](CO)NC(=O)[C@H](Cc1ccc([N+](=O)[O-])cc1)NC(=O)OCC1c2ccccc2-c2ccccc21)OCC1c2ccccc2-c2ccccc21. The average Bonchev–Trinajstić information content (AvgIpc) is 3.86. The lowest BCUT2D eigenvalue weighted by Crippen LogP contribution is -2.52. The summed E-state index contributed by atoms with van der Waals surface area (Å²) < 4.78 is 11.4. The molecule has 6 aromatic rings. The molecule has 0 saturated carbocycles. The van der Waals surface area contributed by atoms with Gasteiger partial charge < -0.3 is 35.8 Å². The first-order valence-corrected chi connectivity index (χ1v) is 22.4. The van der Waals surface area contributed by atoms with Crippen LogP contribution in [0.3, 0.4) is 0 Å². The number of nitrogens with one attached hydrogen (secondary N) is 4. The second kappa shape index (κ2) is 21.5. The largest absolute Gasteiger partial charge is 0.449 e. The minimum absolute atomic E-state index is 0.00898. The van der Waals surface area contributed by atoms with Gasteiger partial charge in [-0.05, 0) is 62.1 Å². The summed E-state index contributed by atoms with van der Waals surface area (Å²) in [5, 5.41) is 43.8. The smallest absolute Gasteiger partial charge is 0.407 e. The molecular weight excluding hydrogens is 885 g/mol. The molecule has 17 heteroatoms. The lowest BCUT2D eigenvalue weighted by Gasteiger charge is -2.24. The van der Waals surface area contributed by atoms with Crippen molar-refractivity contribution in [2.24, 2.45) is 0 Å². The summed E-state index contributed by atoms with van der Waals surface area (Å²) in [6.45, 7) is -0.668. The van der Waals surface area contributed by atoms with Gasteiger partial charge in [-0.25, -0.2) is 9.59 Å². The van der Waals surface area contributed by atoms with Gasteiger partial charge in [0.15, 0.2) is 0 Å². The molecule has 352 valence electrons. The Balaban J connectivity index is 0.903. The third-order valence-corrected chi connectivity index (χ3v) is 12.4. The molecule has 0 fully saturated rings. The first-order valence-electron chi connectivity index (χ1n) is 22.4. The van der Waals surface area contributed by atoms with E-state index in [0.29, 0.717) is 11.1 Å². The standard InChI is InChI=1S/C52H48N6O11/c59-29-34(54-50(61)48(28-33-19-23-36(24-20-33)58(66)67)56-52(63)69-31-46-43-15-7-3-11-39(43)40-12-4-8-16-44(40)46)25-26-53-49(60)47(27-32-17-21-35(22-18-32)57(64)65)55-51(62)68-30-45-41-13-5-1-9-37(41)38-10-2-6-14-42(38)45/h1-24,34,45-48,59H,25-31H2,(H,53,60)(H,54,61)(H,55,62)(H,56,63)/t34-,47-,48-/m0/s1. The van der Waals surface area contributed by atoms with Crippen molar-refractivity contribution in [1.82, 2.24) is 21.3 Å². The normalized spacial score (nSPS) is 13.6. The highest BCUT2D eigenvalue weighted by Gasteiger charge is 2.32. The Bertz CT molecular complexity index is 2780. The highest BCUT2D eigenvalue weighted by molar-refractivity contribution is 5.87. The molecule has 4 amide bonds. The predicted molar refractivity (Wildman–Crippen MR) is 254 cm³/mol. The fraction of sp³-hybridized carbons (Fsp3) is 0.231. The Morgan fingerprint density at radius 2 is 0.884 bits per heavy atom. The topological polar surface area (TPSA) is 241 Å². The number of carbonyl (C=O) groups excluding carboxylic acids is 4. The molecule has 0 bridgehead atoms. The number of carbonyl (C=O) groups is 4. The fourth-order valence-electron chi connectivity index (χ4n) is 8.97. The zero-order valence-electron chi connectivity index (χ0n) is 37.1. The third kappa shape index (κ3) is 11.1. The summed E-state index contributed by atoms with van der Waals surface area (Å²) in [6.07, 6.45) is -1.87. The molecule has 0 unspecified atom stereocenters. The number of nitro groups is 2. The van der Waals surface area contributed by atoms with E-state index in [1.807, 2.05) is 97.1 Å². The van der Waals surface area contributed by atoms with Crippen molar-refractivity contribution < 1.29 is 43.6 Å². The van der Waals surface area contributed by atoms with Gasteiger partial charge in [0.05, 0.1) is 22.5 Å². The van der Waals surface area contributed by atoms with Gasteiger partial charge in [0.2, 0.25) is 11.8 Å². The number of hydrogen-bond donors (Lipinski definition) is 5. The minimum atomic E-state index is -1.25. The van der Waals surface area contributed by atoms with Crippen LogP contribution < -0.4 is 21.3 Å². The summed E-state index contributed by atoms with van der Waals surface area (Å²) >= 11 is 0. The summed E-state index contributed by atoms with van der Waals surface area (Å²) in [7, 11) is 0. The van der Waals surface area contributed by atoms with Crippen LogP contribution in [0.25, 0.3) is 22.3 Å². The number of ether oxygens (including phenoxy) is 2. The van der Waals surface area contributed by atoms with Crippen LogP contribution in [0.2, 0.25) is 0 Å². The Kier molecular flexibility index (Phi) is 14.6. The summed E-state index contributed by atoms with van der Waals surface area (Å²) in [4.78, 5) is 76.0. The maximum Gasteiger partial charge on any atom is 0.407 e. The Morgan fingerprint density at radius 1 is 0.522 bits per heavy atom. The van der Waals surface area contributed by atoms with Crippen molar-refractivity contribution in [2.45, 2.75) is 49.2 Å². The molecular formula is C52H48N6O11. The Hall–Kier alpha value is -8.44. The summed E-state index contributed by atoms with van der Waals surface area (Å²) in [5.74, 6) is -1.81. The zero-order chi connectivity index (χ0) is 48.4. The molecule has 69 heavy (non-hydrogen) atoms. The number of non-ortho nitro benzene ring substituents is 2. The number of hydrogen-bond acceptors (Lipinski definition) is 11. The van der Waals surface area contributed by atoms with Gasteiger partial charge in [0.25, 0.3) is 11.4 Å². The van der Waals surface area contributed by atoms with E-state index in [2.05, 4.69) is 21.3 Å². The maximum absolute atomic E-state index is 13.9. The van der Waals surface area contributed by atoms with E-state index in [4.69, 9.17) is 9.47 Å². The number of nitrogens with zero attached hydrogens (tertiary/aromatic N) is 2. The zero-order valence-corrected chi connectivity index (χ0v) is 37.1. The molecule has 0 aromatic heterocycles. The number of rotatable bonds is 19. The van der Waals surface area contributed by atoms with Crippen molar-refractivity contribution >= 4 is 35.4 Å².